The molecule has 0 radical (unpaired) electrons. The zero-order valence-corrected chi connectivity index (χ0v) is 13.7. The SMILES string of the molecule is C[C@H](c1ccc(-n2cncn2)cc1)N(C)C(=O)c1ccc(F)c(F)c1. The van der Waals surface area contributed by atoms with Gasteiger partial charge in [0.1, 0.15) is 12.7 Å². The standard InChI is InChI=1S/C18H16F2N4O/c1-12(13-3-6-15(7-4-13)24-11-21-10-22-24)23(2)18(25)14-5-8-16(19)17(20)9-14/h3-12H,1-2H3/t12-/m1/s1. The van der Waals surface area contributed by atoms with Crippen molar-refractivity contribution in [1.82, 2.24) is 19.7 Å². The zero-order chi connectivity index (χ0) is 18.0. The molecule has 1 aromatic heterocycles. The van der Waals surface area contributed by atoms with Gasteiger partial charge in [-0.05, 0) is 42.8 Å². The van der Waals surface area contributed by atoms with Gasteiger partial charge < -0.3 is 4.90 Å². The van der Waals surface area contributed by atoms with Gasteiger partial charge in [0.25, 0.3) is 5.91 Å². The third-order valence-corrected chi connectivity index (χ3v) is 4.13. The molecule has 0 bridgehead atoms. The summed E-state index contributed by atoms with van der Waals surface area (Å²) in [6, 6.07) is 10.4. The lowest BCUT2D eigenvalue weighted by atomic mass is 10.1. The molecule has 0 aliphatic rings. The Morgan fingerprint density at radius 1 is 1.12 bits per heavy atom. The maximum Gasteiger partial charge on any atom is 0.254 e. The molecule has 128 valence electrons. The van der Waals surface area contributed by atoms with E-state index in [0.29, 0.717) is 0 Å². The first-order valence-electron chi connectivity index (χ1n) is 7.64. The highest BCUT2D eigenvalue weighted by Crippen LogP contribution is 2.22. The minimum Gasteiger partial charge on any atom is -0.335 e. The molecule has 0 unspecified atom stereocenters. The Morgan fingerprint density at radius 2 is 1.84 bits per heavy atom. The molecule has 0 N–H and O–H groups in total. The van der Waals surface area contributed by atoms with E-state index in [1.54, 1.807) is 18.1 Å². The number of benzene rings is 2. The third kappa shape index (κ3) is 3.40. The smallest absolute Gasteiger partial charge is 0.254 e. The van der Waals surface area contributed by atoms with Crippen LogP contribution in [0.5, 0.6) is 0 Å². The highest BCUT2D eigenvalue weighted by atomic mass is 19.2. The van der Waals surface area contributed by atoms with Gasteiger partial charge in [-0.15, -0.1) is 0 Å². The van der Waals surface area contributed by atoms with E-state index in [-0.39, 0.29) is 17.5 Å². The Morgan fingerprint density at radius 3 is 2.44 bits per heavy atom. The van der Waals surface area contributed by atoms with E-state index in [4.69, 9.17) is 0 Å². The van der Waals surface area contributed by atoms with Gasteiger partial charge in [0.2, 0.25) is 0 Å². The summed E-state index contributed by atoms with van der Waals surface area (Å²) in [6.45, 7) is 1.86. The number of hydrogen-bond donors (Lipinski definition) is 0. The second-order valence-corrected chi connectivity index (χ2v) is 5.65. The summed E-state index contributed by atoms with van der Waals surface area (Å²) in [6.07, 6.45) is 3.04. The van der Waals surface area contributed by atoms with Gasteiger partial charge in [-0.3, -0.25) is 4.79 Å². The molecule has 3 rings (SSSR count). The number of rotatable bonds is 4. The fourth-order valence-electron chi connectivity index (χ4n) is 2.48. The lowest BCUT2D eigenvalue weighted by Crippen LogP contribution is -2.29. The van der Waals surface area contributed by atoms with Crippen molar-refractivity contribution in [3.8, 4) is 5.69 Å². The van der Waals surface area contributed by atoms with Crippen LogP contribution in [-0.4, -0.2) is 32.6 Å². The zero-order valence-electron chi connectivity index (χ0n) is 13.7. The Bertz CT molecular complexity index is 879. The molecule has 0 fully saturated rings. The van der Waals surface area contributed by atoms with E-state index < -0.39 is 11.6 Å². The molecule has 1 amide bonds. The van der Waals surface area contributed by atoms with Crippen LogP contribution in [0, 0.1) is 11.6 Å². The van der Waals surface area contributed by atoms with Crippen molar-refractivity contribution in [2.45, 2.75) is 13.0 Å². The van der Waals surface area contributed by atoms with E-state index >= 15 is 0 Å². The molecule has 0 aliphatic carbocycles. The van der Waals surface area contributed by atoms with Crippen LogP contribution in [-0.2, 0) is 0 Å². The average Bonchev–Trinajstić information content (AvgIpc) is 3.17. The first-order chi connectivity index (χ1) is 12.0. The summed E-state index contributed by atoms with van der Waals surface area (Å²) in [4.78, 5) is 17.9. The summed E-state index contributed by atoms with van der Waals surface area (Å²) in [5, 5.41) is 4.05. The maximum atomic E-state index is 13.3. The minimum absolute atomic E-state index is 0.104. The van der Waals surface area contributed by atoms with Gasteiger partial charge in [-0.25, -0.2) is 18.4 Å². The summed E-state index contributed by atoms with van der Waals surface area (Å²) in [5.41, 5.74) is 1.86. The van der Waals surface area contributed by atoms with Gasteiger partial charge in [-0.2, -0.15) is 5.10 Å². The number of aromatic nitrogens is 3. The quantitative estimate of drug-likeness (QED) is 0.730. The van der Waals surface area contributed by atoms with E-state index in [1.165, 1.54) is 17.3 Å². The highest BCUT2D eigenvalue weighted by molar-refractivity contribution is 5.94. The van der Waals surface area contributed by atoms with Crippen LogP contribution >= 0.6 is 0 Å². The van der Waals surface area contributed by atoms with Crippen LogP contribution in [0.15, 0.2) is 55.1 Å². The van der Waals surface area contributed by atoms with Crippen LogP contribution in [0.1, 0.15) is 28.9 Å². The largest absolute Gasteiger partial charge is 0.335 e. The predicted octanol–water partition coefficient (Wildman–Crippen LogP) is 3.38. The molecular formula is C18H16F2N4O. The van der Waals surface area contributed by atoms with Crippen LogP contribution < -0.4 is 0 Å². The van der Waals surface area contributed by atoms with Crippen molar-refractivity contribution >= 4 is 5.91 Å². The van der Waals surface area contributed by atoms with Crippen LogP contribution in [0.2, 0.25) is 0 Å². The van der Waals surface area contributed by atoms with E-state index in [0.717, 1.165) is 23.4 Å². The van der Waals surface area contributed by atoms with Crippen LogP contribution in [0.4, 0.5) is 8.78 Å². The van der Waals surface area contributed by atoms with Gasteiger partial charge in [0, 0.05) is 12.6 Å². The van der Waals surface area contributed by atoms with E-state index in [1.807, 2.05) is 31.2 Å². The van der Waals surface area contributed by atoms with Crippen LogP contribution in [0.25, 0.3) is 5.69 Å². The van der Waals surface area contributed by atoms with Crippen molar-refractivity contribution in [1.29, 1.82) is 0 Å². The Hall–Kier alpha value is -3.09. The van der Waals surface area contributed by atoms with Crippen LogP contribution in [0.3, 0.4) is 0 Å². The lowest BCUT2D eigenvalue weighted by Gasteiger charge is -2.25. The number of amides is 1. The molecule has 0 saturated heterocycles. The average molecular weight is 342 g/mol. The first kappa shape index (κ1) is 16.8. The fraction of sp³-hybridized carbons (Fsp3) is 0.167. The summed E-state index contributed by atoms with van der Waals surface area (Å²) >= 11 is 0. The molecule has 5 nitrogen and oxygen atoms in total. The number of nitrogens with zero attached hydrogens (tertiary/aromatic N) is 4. The topological polar surface area (TPSA) is 51.0 Å². The molecule has 7 heteroatoms. The molecule has 1 heterocycles. The van der Waals surface area contributed by atoms with Gasteiger partial charge in [0.05, 0.1) is 11.7 Å². The number of halogens is 2. The van der Waals surface area contributed by atoms with Gasteiger partial charge in [0.15, 0.2) is 11.6 Å². The summed E-state index contributed by atoms with van der Waals surface area (Å²) in [7, 11) is 1.62. The Kier molecular flexibility index (Phi) is 4.56. The van der Waals surface area contributed by atoms with Crippen molar-refractivity contribution in [2.75, 3.05) is 7.05 Å². The molecule has 25 heavy (non-hydrogen) atoms. The minimum atomic E-state index is -1.04. The first-order valence-corrected chi connectivity index (χ1v) is 7.64. The number of carbonyl (C=O) groups excluding carboxylic acids is 1. The monoisotopic (exact) mass is 342 g/mol. The molecule has 0 spiro atoms. The fourth-order valence-corrected chi connectivity index (χ4v) is 2.48. The summed E-state index contributed by atoms with van der Waals surface area (Å²) < 4.78 is 28.0. The molecule has 0 aliphatic heterocycles. The Balaban J connectivity index is 1.78. The van der Waals surface area contributed by atoms with E-state index in [9.17, 15) is 13.6 Å². The lowest BCUT2D eigenvalue weighted by molar-refractivity contribution is 0.0742. The Labute approximate surface area is 143 Å². The maximum absolute atomic E-state index is 13.3. The van der Waals surface area contributed by atoms with E-state index in [2.05, 4.69) is 10.1 Å². The molecule has 2 aromatic carbocycles. The summed E-state index contributed by atoms with van der Waals surface area (Å²) in [5.74, 6) is -2.40. The number of hydrogen-bond acceptors (Lipinski definition) is 3. The third-order valence-electron chi connectivity index (χ3n) is 4.13. The second-order valence-electron chi connectivity index (χ2n) is 5.65. The highest BCUT2D eigenvalue weighted by Gasteiger charge is 2.20. The number of carbonyl (C=O) groups is 1. The molecular weight excluding hydrogens is 326 g/mol. The van der Waals surface area contributed by atoms with Crippen molar-refractivity contribution < 1.29 is 13.6 Å². The normalized spacial score (nSPS) is 12.0. The van der Waals surface area contributed by atoms with Crippen molar-refractivity contribution in [3.63, 3.8) is 0 Å². The van der Waals surface area contributed by atoms with Crippen molar-refractivity contribution in [3.05, 3.63) is 77.9 Å². The predicted molar refractivity (Wildman–Crippen MR) is 88.2 cm³/mol. The molecule has 1 atom stereocenters. The van der Waals surface area contributed by atoms with Gasteiger partial charge >= 0.3 is 0 Å². The van der Waals surface area contributed by atoms with Crippen molar-refractivity contribution in [2.24, 2.45) is 0 Å². The molecule has 3 aromatic rings. The van der Waals surface area contributed by atoms with Gasteiger partial charge in [-0.1, -0.05) is 12.1 Å². The molecule has 0 saturated carbocycles. The second kappa shape index (κ2) is 6.80.